The van der Waals surface area contributed by atoms with Crippen molar-refractivity contribution in [3.63, 3.8) is 0 Å². The SMILES string of the molecule is O=C(CCC(=O)N1CC2C(C1)C2(CO)CO)N1CCCCCC1. The van der Waals surface area contributed by atoms with Gasteiger partial charge in [0.15, 0.2) is 0 Å². The van der Waals surface area contributed by atoms with Crippen LogP contribution >= 0.6 is 0 Å². The number of amides is 2. The van der Waals surface area contributed by atoms with Gasteiger partial charge in [-0.3, -0.25) is 9.59 Å². The molecule has 0 aromatic heterocycles. The van der Waals surface area contributed by atoms with Gasteiger partial charge in [0.25, 0.3) is 0 Å². The first kappa shape index (κ1) is 16.7. The van der Waals surface area contributed by atoms with Crippen LogP contribution in [0.4, 0.5) is 0 Å². The maximum atomic E-state index is 12.3. The molecule has 3 aliphatic rings. The Morgan fingerprint density at radius 2 is 1.30 bits per heavy atom. The van der Waals surface area contributed by atoms with Gasteiger partial charge in [-0.15, -0.1) is 0 Å². The summed E-state index contributed by atoms with van der Waals surface area (Å²) in [6.45, 7) is 2.88. The molecule has 23 heavy (non-hydrogen) atoms. The van der Waals surface area contributed by atoms with Crippen LogP contribution in [-0.2, 0) is 9.59 Å². The number of fused-ring (bicyclic) bond motifs is 1. The maximum absolute atomic E-state index is 12.3. The van der Waals surface area contributed by atoms with Crippen LogP contribution in [-0.4, -0.2) is 71.2 Å². The average molecular weight is 324 g/mol. The highest BCUT2D eigenvalue weighted by molar-refractivity contribution is 5.84. The largest absolute Gasteiger partial charge is 0.396 e. The normalized spacial score (nSPS) is 29.1. The zero-order chi connectivity index (χ0) is 16.4. The van der Waals surface area contributed by atoms with E-state index in [1.54, 1.807) is 4.90 Å². The Labute approximate surface area is 137 Å². The molecule has 0 aromatic carbocycles. The van der Waals surface area contributed by atoms with Crippen molar-refractivity contribution in [3.8, 4) is 0 Å². The number of likely N-dealkylation sites (tertiary alicyclic amines) is 2. The molecule has 0 aromatic rings. The molecule has 1 aliphatic carbocycles. The fraction of sp³-hybridized carbons (Fsp3) is 0.882. The summed E-state index contributed by atoms with van der Waals surface area (Å²) in [5.41, 5.74) is -0.362. The molecule has 3 rings (SSSR count). The van der Waals surface area contributed by atoms with Crippen molar-refractivity contribution in [1.29, 1.82) is 0 Å². The number of carbonyl (C=O) groups is 2. The summed E-state index contributed by atoms with van der Waals surface area (Å²) >= 11 is 0. The van der Waals surface area contributed by atoms with E-state index in [2.05, 4.69) is 0 Å². The van der Waals surface area contributed by atoms with Gasteiger partial charge < -0.3 is 20.0 Å². The smallest absolute Gasteiger partial charge is 0.223 e. The number of aliphatic hydroxyl groups excluding tert-OH is 2. The standard InChI is InChI=1S/C17H28N2O4/c20-11-17(12-21)13-9-19(10-14(13)17)16(23)6-5-15(22)18-7-3-1-2-4-8-18/h13-14,20-21H,1-12H2. The lowest BCUT2D eigenvalue weighted by Gasteiger charge is -2.25. The second kappa shape index (κ2) is 6.77. The monoisotopic (exact) mass is 324 g/mol. The molecule has 2 atom stereocenters. The van der Waals surface area contributed by atoms with Gasteiger partial charge in [-0.25, -0.2) is 0 Å². The van der Waals surface area contributed by atoms with Crippen molar-refractivity contribution in [3.05, 3.63) is 0 Å². The third-order valence-electron chi connectivity index (χ3n) is 6.14. The van der Waals surface area contributed by atoms with Crippen LogP contribution in [0.3, 0.4) is 0 Å². The topological polar surface area (TPSA) is 81.1 Å². The molecule has 0 radical (unpaired) electrons. The molecule has 0 bridgehead atoms. The zero-order valence-corrected chi connectivity index (χ0v) is 13.7. The highest BCUT2D eigenvalue weighted by Gasteiger charge is 2.67. The van der Waals surface area contributed by atoms with Crippen molar-refractivity contribution >= 4 is 11.8 Å². The van der Waals surface area contributed by atoms with E-state index < -0.39 is 0 Å². The van der Waals surface area contributed by atoms with Crippen LogP contribution < -0.4 is 0 Å². The molecule has 2 amide bonds. The summed E-state index contributed by atoms with van der Waals surface area (Å²) in [4.78, 5) is 28.2. The minimum atomic E-state index is -0.362. The predicted molar refractivity (Wildman–Crippen MR) is 84.4 cm³/mol. The number of piperidine rings is 1. The summed E-state index contributed by atoms with van der Waals surface area (Å²) < 4.78 is 0. The van der Waals surface area contributed by atoms with E-state index in [4.69, 9.17) is 0 Å². The maximum Gasteiger partial charge on any atom is 0.223 e. The number of hydrogen-bond acceptors (Lipinski definition) is 4. The molecular formula is C17H28N2O4. The zero-order valence-electron chi connectivity index (χ0n) is 13.7. The Bertz CT molecular complexity index is 442. The number of aliphatic hydroxyl groups is 2. The van der Waals surface area contributed by atoms with Gasteiger partial charge in [-0.1, -0.05) is 12.8 Å². The molecule has 1 saturated carbocycles. The minimum absolute atomic E-state index is 0.00565. The molecule has 3 fully saturated rings. The fourth-order valence-electron chi connectivity index (χ4n) is 4.41. The summed E-state index contributed by atoms with van der Waals surface area (Å²) in [6, 6.07) is 0. The van der Waals surface area contributed by atoms with Crippen molar-refractivity contribution in [2.75, 3.05) is 39.4 Å². The van der Waals surface area contributed by atoms with E-state index in [0.717, 1.165) is 25.9 Å². The number of nitrogens with zero attached hydrogens (tertiary/aromatic N) is 2. The Balaban J connectivity index is 1.42. The molecule has 6 nitrogen and oxygen atoms in total. The number of rotatable bonds is 5. The third-order valence-corrected chi connectivity index (χ3v) is 6.14. The van der Waals surface area contributed by atoms with Gasteiger partial charge in [0.05, 0.1) is 13.2 Å². The molecule has 0 spiro atoms. The lowest BCUT2D eigenvalue weighted by molar-refractivity contribution is -0.137. The Morgan fingerprint density at radius 3 is 1.78 bits per heavy atom. The van der Waals surface area contributed by atoms with E-state index in [9.17, 15) is 19.8 Å². The van der Waals surface area contributed by atoms with Crippen LogP contribution in [0.15, 0.2) is 0 Å². The predicted octanol–water partition coefficient (Wildman–Crippen LogP) is 0.228. The van der Waals surface area contributed by atoms with Crippen molar-refractivity contribution in [2.45, 2.75) is 38.5 Å². The number of carbonyl (C=O) groups excluding carboxylic acids is 2. The average Bonchev–Trinajstić information content (AvgIpc) is 3.09. The molecule has 2 heterocycles. The number of hydrogen-bond donors (Lipinski definition) is 2. The van der Waals surface area contributed by atoms with E-state index in [1.165, 1.54) is 12.8 Å². The van der Waals surface area contributed by atoms with Crippen LogP contribution in [0.25, 0.3) is 0 Å². The minimum Gasteiger partial charge on any atom is -0.396 e. The first-order valence-electron chi connectivity index (χ1n) is 8.89. The van der Waals surface area contributed by atoms with Crippen LogP contribution in [0.1, 0.15) is 38.5 Å². The van der Waals surface area contributed by atoms with Crippen LogP contribution in [0.2, 0.25) is 0 Å². The van der Waals surface area contributed by atoms with E-state index in [-0.39, 0.29) is 48.7 Å². The lowest BCUT2D eigenvalue weighted by Crippen LogP contribution is -2.37. The quantitative estimate of drug-likeness (QED) is 0.758. The Hall–Kier alpha value is -1.14. The molecule has 2 N–H and O–H groups in total. The Morgan fingerprint density at radius 1 is 0.826 bits per heavy atom. The van der Waals surface area contributed by atoms with Crippen LogP contribution in [0, 0.1) is 17.3 Å². The Kier molecular flexibility index (Phi) is 4.92. The first-order valence-corrected chi connectivity index (χ1v) is 8.89. The molecule has 2 unspecified atom stereocenters. The second-order valence-electron chi connectivity index (χ2n) is 7.36. The van der Waals surface area contributed by atoms with E-state index in [1.807, 2.05) is 4.90 Å². The summed E-state index contributed by atoms with van der Waals surface area (Å²) in [5, 5.41) is 18.8. The highest BCUT2D eigenvalue weighted by atomic mass is 16.3. The van der Waals surface area contributed by atoms with Gasteiger partial charge in [-0.2, -0.15) is 0 Å². The van der Waals surface area contributed by atoms with Gasteiger partial charge in [0.2, 0.25) is 11.8 Å². The summed E-state index contributed by atoms with van der Waals surface area (Å²) in [6.07, 6.45) is 5.10. The lowest BCUT2D eigenvalue weighted by atomic mass is 10.0. The van der Waals surface area contributed by atoms with Crippen molar-refractivity contribution < 1.29 is 19.8 Å². The van der Waals surface area contributed by atoms with Crippen molar-refractivity contribution in [2.24, 2.45) is 17.3 Å². The molecular weight excluding hydrogens is 296 g/mol. The van der Waals surface area contributed by atoms with Gasteiger partial charge in [-0.05, 0) is 24.7 Å². The van der Waals surface area contributed by atoms with Gasteiger partial charge in [0, 0.05) is 44.4 Å². The van der Waals surface area contributed by atoms with Gasteiger partial charge >= 0.3 is 0 Å². The van der Waals surface area contributed by atoms with E-state index >= 15 is 0 Å². The summed E-state index contributed by atoms with van der Waals surface area (Å²) in [5.74, 6) is 0.584. The fourth-order valence-corrected chi connectivity index (χ4v) is 4.41. The molecule has 2 saturated heterocycles. The highest BCUT2D eigenvalue weighted by Crippen LogP contribution is 2.62. The summed E-state index contributed by atoms with van der Waals surface area (Å²) in [7, 11) is 0. The van der Waals surface area contributed by atoms with Crippen LogP contribution in [0.5, 0.6) is 0 Å². The second-order valence-corrected chi connectivity index (χ2v) is 7.36. The molecule has 6 heteroatoms. The molecule has 130 valence electrons. The molecule has 2 aliphatic heterocycles. The first-order chi connectivity index (χ1) is 11.1. The third kappa shape index (κ3) is 3.11. The van der Waals surface area contributed by atoms with Crippen molar-refractivity contribution in [1.82, 2.24) is 9.80 Å². The van der Waals surface area contributed by atoms with Gasteiger partial charge in [0.1, 0.15) is 0 Å². The van der Waals surface area contributed by atoms with E-state index in [0.29, 0.717) is 19.5 Å².